The Balaban J connectivity index is 2.22. The van der Waals surface area contributed by atoms with E-state index in [1.807, 2.05) is 6.07 Å². The van der Waals surface area contributed by atoms with Crippen molar-refractivity contribution in [1.29, 1.82) is 0 Å². The van der Waals surface area contributed by atoms with E-state index in [9.17, 15) is 5.11 Å². The number of thiophene rings is 1. The quantitative estimate of drug-likeness (QED) is 0.822. The predicted molar refractivity (Wildman–Crippen MR) is 61.1 cm³/mol. The molecule has 2 rings (SSSR count). The molecular formula is C11H15ClOS. The normalized spacial score (nSPS) is 36.9. The van der Waals surface area contributed by atoms with Gasteiger partial charge in [-0.1, -0.05) is 25.4 Å². The number of hydrogen-bond donors (Lipinski definition) is 1. The topological polar surface area (TPSA) is 20.2 Å². The van der Waals surface area contributed by atoms with E-state index in [-0.39, 0.29) is 11.5 Å². The second-order valence-corrected chi connectivity index (χ2v) is 5.89. The molecule has 78 valence electrons. The van der Waals surface area contributed by atoms with E-state index in [1.54, 1.807) is 11.3 Å². The van der Waals surface area contributed by atoms with Crippen LogP contribution in [0.15, 0.2) is 11.4 Å². The van der Waals surface area contributed by atoms with E-state index in [4.69, 9.17) is 11.6 Å². The van der Waals surface area contributed by atoms with Gasteiger partial charge in [-0.3, -0.25) is 0 Å². The van der Waals surface area contributed by atoms with Crippen LogP contribution in [0, 0.1) is 5.41 Å². The Morgan fingerprint density at radius 3 is 2.86 bits per heavy atom. The van der Waals surface area contributed by atoms with Gasteiger partial charge >= 0.3 is 0 Å². The van der Waals surface area contributed by atoms with Gasteiger partial charge < -0.3 is 5.11 Å². The fourth-order valence-corrected chi connectivity index (χ4v) is 3.28. The van der Waals surface area contributed by atoms with Gasteiger partial charge in [0.15, 0.2) is 0 Å². The fourth-order valence-electron chi connectivity index (χ4n) is 2.34. The molecule has 1 heterocycles. The smallest absolute Gasteiger partial charge is 0.0931 e. The second-order valence-electron chi connectivity index (χ2n) is 4.35. The molecule has 0 spiro atoms. The van der Waals surface area contributed by atoms with Crippen LogP contribution >= 0.6 is 22.9 Å². The van der Waals surface area contributed by atoms with E-state index < -0.39 is 0 Å². The lowest BCUT2D eigenvalue weighted by Gasteiger charge is -2.51. The van der Waals surface area contributed by atoms with Gasteiger partial charge in [0.2, 0.25) is 0 Å². The molecule has 1 aromatic heterocycles. The number of halogens is 1. The minimum atomic E-state index is -0.142. The Labute approximate surface area is 93.7 Å². The zero-order valence-corrected chi connectivity index (χ0v) is 10.0. The van der Waals surface area contributed by atoms with Crippen LogP contribution in [-0.2, 0) is 0 Å². The molecule has 1 aliphatic carbocycles. The first-order valence-electron chi connectivity index (χ1n) is 5.00. The number of aliphatic hydroxyl groups excluding tert-OH is 1. The largest absolute Gasteiger partial charge is 0.393 e. The maximum atomic E-state index is 9.78. The molecule has 14 heavy (non-hydrogen) atoms. The van der Waals surface area contributed by atoms with Crippen LogP contribution in [-0.4, -0.2) is 11.2 Å². The van der Waals surface area contributed by atoms with Gasteiger partial charge in [0.25, 0.3) is 0 Å². The van der Waals surface area contributed by atoms with Crippen molar-refractivity contribution >= 4 is 22.9 Å². The molecule has 3 unspecified atom stereocenters. The monoisotopic (exact) mass is 230 g/mol. The maximum Gasteiger partial charge on any atom is 0.0931 e. The first kappa shape index (κ1) is 10.5. The van der Waals surface area contributed by atoms with Gasteiger partial charge in [-0.25, -0.2) is 0 Å². The highest BCUT2D eigenvalue weighted by molar-refractivity contribution is 7.14. The van der Waals surface area contributed by atoms with Crippen molar-refractivity contribution in [2.75, 3.05) is 0 Å². The van der Waals surface area contributed by atoms with Crippen molar-refractivity contribution in [1.82, 2.24) is 0 Å². The third kappa shape index (κ3) is 1.40. The first-order valence-corrected chi connectivity index (χ1v) is 6.25. The first-order chi connectivity index (χ1) is 6.58. The van der Waals surface area contributed by atoms with E-state index in [2.05, 4.69) is 19.2 Å². The minimum Gasteiger partial charge on any atom is -0.393 e. The molecule has 1 aliphatic rings. The molecule has 1 fully saturated rings. The summed E-state index contributed by atoms with van der Waals surface area (Å²) in [5, 5.41) is 11.9. The maximum absolute atomic E-state index is 9.78. The summed E-state index contributed by atoms with van der Waals surface area (Å²) in [6.07, 6.45) is 1.76. The van der Waals surface area contributed by atoms with Crippen molar-refractivity contribution in [3.63, 3.8) is 0 Å². The fraction of sp³-hybridized carbons (Fsp3) is 0.636. The molecule has 1 N–H and O–H groups in total. The molecule has 1 aromatic rings. The third-order valence-corrected chi connectivity index (χ3v) is 4.88. The highest BCUT2D eigenvalue weighted by atomic mass is 35.5. The molecular weight excluding hydrogens is 216 g/mol. The standard InChI is InChI=1S/C11H15ClOS/c1-3-11(2)8(5-9(11)13)7-4-10(12)14-6-7/h4,6,8-9,13H,3,5H2,1-2H3. The van der Waals surface area contributed by atoms with Gasteiger partial charge in [0.05, 0.1) is 10.4 Å². The molecule has 0 aromatic carbocycles. The summed E-state index contributed by atoms with van der Waals surface area (Å²) < 4.78 is 0.847. The lowest BCUT2D eigenvalue weighted by Crippen LogP contribution is -2.48. The SMILES string of the molecule is CCC1(C)C(O)CC1c1csc(Cl)c1. The molecule has 0 saturated heterocycles. The summed E-state index contributed by atoms with van der Waals surface area (Å²) in [5.41, 5.74) is 1.36. The average Bonchev–Trinajstić information content (AvgIpc) is 2.59. The molecule has 0 amide bonds. The van der Waals surface area contributed by atoms with Gasteiger partial charge in [-0.05, 0) is 35.8 Å². The molecule has 0 aliphatic heterocycles. The van der Waals surface area contributed by atoms with E-state index in [0.717, 1.165) is 17.2 Å². The summed E-state index contributed by atoms with van der Waals surface area (Å²) in [4.78, 5) is 0. The van der Waals surface area contributed by atoms with Crippen LogP contribution in [0.2, 0.25) is 4.34 Å². The number of hydrogen-bond acceptors (Lipinski definition) is 2. The molecule has 3 heteroatoms. The van der Waals surface area contributed by atoms with Crippen molar-refractivity contribution < 1.29 is 5.11 Å². The highest BCUT2D eigenvalue weighted by Crippen LogP contribution is 2.55. The van der Waals surface area contributed by atoms with Crippen molar-refractivity contribution in [3.05, 3.63) is 21.3 Å². The zero-order valence-electron chi connectivity index (χ0n) is 8.46. The van der Waals surface area contributed by atoms with Crippen LogP contribution in [0.4, 0.5) is 0 Å². The van der Waals surface area contributed by atoms with Gasteiger partial charge in [-0.15, -0.1) is 11.3 Å². The number of aliphatic hydroxyl groups is 1. The van der Waals surface area contributed by atoms with Crippen molar-refractivity contribution in [3.8, 4) is 0 Å². The molecule has 0 radical (unpaired) electrons. The van der Waals surface area contributed by atoms with Crippen molar-refractivity contribution in [2.45, 2.75) is 38.7 Å². The van der Waals surface area contributed by atoms with Crippen LogP contribution in [0.3, 0.4) is 0 Å². The second kappa shape index (κ2) is 3.51. The average molecular weight is 231 g/mol. The third-order valence-electron chi connectivity index (χ3n) is 3.77. The predicted octanol–water partition coefficient (Wildman–Crippen LogP) is 3.67. The minimum absolute atomic E-state index is 0.0599. The van der Waals surface area contributed by atoms with Gasteiger partial charge in [0.1, 0.15) is 0 Å². The zero-order chi connectivity index (χ0) is 10.3. The van der Waals surface area contributed by atoms with E-state index in [1.165, 1.54) is 5.56 Å². The molecule has 1 nitrogen and oxygen atoms in total. The molecule has 1 saturated carbocycles. The Morgan fingerprint density at radius 2 is 2.43 bits per heavy atom. The number of rotatable bonds is 2. The Kier molecular flexibility index (Phi) is 2.63. The van der Waals surface area contributed by atoms with Crippen LogP contribution in [0.1, 0.15) is 38.2 Å². The van der Waals surface area contributed by atoms with E-state index >= 15 is 0 Å². The van der Waals surface area contributed by atoms with Crippen LogP contribution < -0.4 is 0 Å². The Bertz CT molecular complexity index is 336. The summed E-state index contributed by atoms with van der Waals surface area (Å²) in [7, 11) is 0. The van der Waals surface area contributed by atoms with E-state index in [0.29, 0.717) is 5.92 Å². The van der Waals surface area contributed by atoms with Gasteiger partial charge in [-0.2, -0.15) is 0 Å². The Morgan fingerprint density at radius 1 is 1.71 bits per heavy atom. The van der Waals surface area contributed by atoms with Crippen LogP contribution in [0.25, 0.3) is 0 Å². The summed E-state index contributed by atoms with van der Waals surface area (Å²) >= 11 is 7.49. The summed E-state index contributed by atoms with van der Waals surface area (Å²) in [6, 6.07) is 2.04. The highest BCUT2D eigenvalue weighted by Gasteiger charge is 2.50. The molecule has 0 bridgehead atoms. The van der Waals surface area contributed by atoms with Crippen LogP contribution in [0.5, 0.6) is 0 Å². The van der Waals surface area contributed by atoms with Crippen molar-refractivity contribution in [2.24, 2.45) is 5.41 Å². The van der Waals surface area contributed by atoms with Gasteiger partial charge in [0, 0.05) is 5.41 Å². The lowest BCUT2D eigenvalue weighted by atomic mass is 9.56. The summed E-state index contributed by atoms with van der Waals surface area (Å²) in [5.74, 6) is 0.492. The molecule has 3 atom stereocenters. The lowest BCUT2D eigenvalue weighted by molar-refractivity contribution is -0.0776. The summed E-state index contributed by atoms with van der Waals surface area (Å²) in [6.45, 7) is 4.31. The Hall–Kier alpha value is -0.0500.